The first-order chi connectivity index (χ1) is 21.7. The summed E-state index contributed by atoms with van der Waals surface area (Å²) in [5.74, 6) is -0.611. The number of hydrogen-bond donors (Lipinski definition) is 2. The van der Waals surface area contributed by atoms with Crippen molar-refractivity contribution in [3.8, 4) is 22.5 Å². The third-order valence-corrected chi connectivity index (χ3v) is 8.39. The van der Waals surface area contributed by atoms with E-state index in [1.165, 1.54) is 4.90 Å². The lowest BCUT2D eigenvalue weighted by Gasteiger charge is -2.15. The molecule has 0 saturated heterocycles. The summed E-state index contributed by atoms with van der Waals surface area (Å²) >= 11 is 0. The number of amides is 2. The van der Waals surface area contributed by atoms with Gasteiger partial charge >= 0.3 is 0 Å². The number of nitrogens with zero attached hydrogens (tertiary/aromatic N) is 1. The number of para-hydroxylation sites is 2. The molecule has 0 saturated carbocycles. The Hall–Kier alpha value is -5.94. The molecule has 7 aromatic rings. The summed E-state index contributed by atoms with van der Waals surface area (Å²) in [6.45, 7) is 0.178. The van der Waals surface area contributed by atoms with Gasteiger partial charge in [0.15, 0.2) is 0 Å². The molecule has 0 fully saturated rings. The molecule has 8 rings (SSSR count). The average Bonchev–Trinajstić information content (AvgIpc) is 3.72. The van der Waals surface area contributed by atoms with Gasteiger partial charge in [-0.1, -0.05) is 127 Å². The number of H-pyrrole nitrogens is 2. The van der Waals surface area contributed by atoms with Crippen LogP contribution in [-0.4, -0.2) is 26.7 Å². The van der Waals surface area contributed by atoms with E-state index in [2.05, 4.69) is 9.97 Å². The Morgan fingerprint density at radius 1 is 0.455 bits per heavy atom. The molecule has 44 heavy (non-hydrogen) atoms. The maximum Gasteiger partial charge on any atom is 0.262 e. The Kier molecular flexibility index (Phi) is 6.09. The highest BCUT2D eigenvalue weighted by Crippen LogP contribution is 2.47. The van der Waals surface area contributed by atoms with Crippen LogP contribution in [0.3, 0.4) is 0 Å². The lowest BCUT2D eigenvalue weighted by atomic mass is 9.90. The molecular weight excluding hydrogens is 542 g/mol. The topological polar surface area (TPSA) is 69.0 Å². The molecule has 0 radical (unpaired) electrons. The number of imide groups is 1. The summed E-state index contributed by atoms with van der Waals surface area (Å²) in [7, 11) is 0. The molecular formula is C39H27N3O2. The lowest BCUT2D eigenvalue weighted by molar-refractivity contribution is -0.136. The van der Waals surface area contributed by atoms with Gasteiger partial charge in [0, 0.05) is 32.9 Å². The zero-order valence-electron chi connectivity index (χ0n) is 23.7. The second kappa shape index (κ2) is 10.4. The number of benzene rings is 5. The molecule has 5 aromatic carbocycles. The van der Waals surface area contributed by atoms with Gasteiger partial charge in [0.05, 0.1) is 29.1 Å². The lowest BCUT2D eigenvalue weighted by Crippen LogP contribution is -2.31. The second-order valence-corrected chi connectivity index (χ2v) is 11.0. The molecule has 0 unspecified atom stereocenters. The van der Waals surface area contributed by atoms with Crippen molar-refractivity contribution >= 4 is 44.8 Å². The van der Waals surface area contributed by atoms with E-state index in [0.29, 0.717) is 11.1 Å². The van der Waals surface area contributed by atoms with Crippen LogP contribution in [0.4, 0.5) is 0 Å². The van der Waals surface area contributed by atoms with Crippen LogP contribution >= 0.6 is 0 Å². The van der Waals surface area contributed by atoms with Crippen molar-refractivity contribution in [3.05, 3.63) is 156 Å². The van der Waals surface area contributed by atoms with E-state index in [4.69, 9.17) is 0 Å². The molecule has 0 spiro atoms. The smallest absolute Gasteiger partial charge is 0.262 e. The highest BCUT2D eigenvalue weighted by Gasteiger charge is 2.43. The van der Waals surface area contributed by atoms with Gasteiger partial charge in [-0.25, -0.2) is 0 Å². The highest BCUT2D eigenvalue weighted by atomic mass is 16.2. The van der Waals surface area contributed by atoms with Gasteiger partial charge in [-0.05, 0) is 28.8 Å². The van der Waals surface area contributed by atoms with Gasteiger partial charge in [-0.15, -0.1) is 0 Å². The summed E-state index contributed by atoms with van der Waals surface area (Å²) in [6.07, 6.45) is 0. The largest absolute Gasteiger partial charge is 0.354 e. The van der Waals surface area contributed by atoms with Gasteiger partial charge < -0.3 is 9.97 Å². The molecule has 5 heteroatoms. The summed E-state index contributed by atoms with van der Waals surface area (Å²) in [5.41, 5.74) is 8.47. The predicted octanol–water partition coefficient (Wildman–Crippen LogP) is 8.46. The summed E-state index contributed by atoms with van der Waals surface area (Å²) in [5, 5.41) is 1.78. The Labute approximate surface area is 254 Å². The van der Waals surface area contributed by atoms with Crippen molar-refractivity contribution in [3.63, 3.8) is 0 Å². The molecule has 2 aromatic heterocycles. The number of aromatic amines is 2. The van der Waals surface area contributed by atoms with E-state index in [1.54, 1.807) is 0 Å². The quantitative estimate of drug-likeness (QED) is 0.197. The zero-order chi connectivity index (χ0) is 29.6. The normalized spacial score (nSPS) is 13.5. The standard InChI is InChI=1S/C39H27N3O2/c43-38-34(32-28-20-10-12-22-30(28)40-36(32)26-16-6-2-7-17-26)35(39(44)42(38)24-25-14-4-1-5-15-25)33-29-21-11-13-23-31(29)41-37(33)27-18-8-3-9-19-27/h1-23,40-41H,24H2. The van der Waals surface area contributed by atoms with E-state index in [-0.39, 0.29) is 18.4 Å². The van der Waals surface area contributed by atoms with Crippen molar-refractivity contribution in [2.24, 2.45) is 0 Å². The predicted molar refractivity (Wildman–Crippen MR) is 176 cm³/mol. The number of fused-ring (bicyclic) bond motifs is 2. The minimum absolute atomic E-state index is 0.178. The first-order valence-corrected chi connectivity index (χ1v) is 14.7. The number of rotatable bonds is 6. The van der Waals surface area contributed by atoms with E-state index >= 15 is 0 Å². The molecule has 0 bridgehead atoms. The van der Waals surface area contributed by atoms with E-state index < -0.39 is 0 Å². The zero-order valence-corrected chi connectivity index (χ0v) is 23.7. The molecule has 0 aliphatic carbocycles. The van der Waals surface area contributed by atoms with Crippen LogP contribution in [0.2, 0.25) is 0 Å². The van der Waals surface area contributed by atoms with Gasteiger partial charge in [0.25, 0.3) is 11.8 Å². The van der Waals surface area contributed by atoms with Crippen molar-refractivity contribution in [1.82, 2.24) is 14.9 Å². The van der Waals surface area contributed by atoms with E-state index in [9.17, 15) is 9.59 Å². The van der Waals surface area contributed by atoms with Crippen LogP contribution < -0.4 is 0 Å². The Bertz CT molecular complexity index is 2090. The summed E-state index contributed by atoms with van der Waals surface area (Å²) < 4.78 is 0. The molecule has 2 N–H and O–H groups in total. The van der Waals surface area contributed by atoms with Crippen LogP contribution in [0.25, 0.3) is 55.5 Å². The third kappa shape index (κ3) is 4.09. The summed E-state index contributed by atoms with van der Waals surface area (Å²) in [6, 6.07) is 45.6. The monoisotopic (exact) mass is 569 g/mol. The summed E-state index contributed by atoms with van der Waals surface area (Å²) in [4.78, 5) is 38.1. The SMILES string of the molecule is O=C1C(c2c(-c3ccccc3)[nH]c3ccccc23)=C(c2c(-c3ccccc3)[nH]c3ccccc23)C(=O)N1Cc1ccccc1. The van der Waals surface area contributed by atoms with Gasteiger partial charge in [0.2, 0.25) is 0 Å². The van der Waals surface area contributed by atoms with Crippen molar-refractivity contribution in [1.29, 1.82) is 0 Å². The average molecular weight is 570 g/mol. The number of nitrogens with one attached hydrogen (secondary N) is 2. The van der Waals surface area contributed by atoms with Gasteiger partial charge in [0.1, 0.15) is 0 Å². The van der Waals surface area contributed by atoms with Crippen LogP contribution in [0.5, 0.6) is 0 Å². The maximum atomic E-state index is 14.8. The van der Waals surface area contributed by atoms with E-state index in [1.807, 2.05) is 140 Å². The molecule has 1 aliphatic heterocycles. The van der Waals surface area contributed by atoms with Crippen LogP contribution in [0, 0.1) is 0 Å². The third-order valence-electron chi connectivity index (χ3n) is 8.39. The number of aromatic nitrogens is 2. The minimum atomic E-state index is -0.305. The van der Waals surface area contributed by atoms with Gasteiger partial charge in [-0.3, -0.25) is 14.5 Å². The van der Waals surface area contributed by atoms with Crippen LogP contribution in [-0.2, 0) is 16.1 Å². The Balaban J connectivity index is 1.47. The van der Waals surface area contributed by atoms with E-state index in [0.717, 1.165) is 61.0 Å². The number of hydrogen-bond acceptors (Lipinski definition) is 2. The van der Waals surface area contributed by atoms with Crippen molar-refractivity contribution < 1.29 is 9.59 Å². The Morgan fingerprint density at radius 2 is 0.841 bits per heavy atom. The number of carbonyl (C=O) groups is 2. The second-order valence-electron chi connectivity index (χ2n) is 11.0. The molecule has 3 heterocycles. The first kappa shape index (κ1) is 25.7. The fourth-order valence-electron chi connectivity index (χ4n) is 6.40. The fourth-order valence-corrected chi connectivity index (χ4v) is 6.40. The molecule has 5 nitrogen and oxygen atoms in total. The molecule has 1 aliphatic rings. The van der Waals surface area contributed by atoms with Crippen LogP contribution in [0.1, 0.15) is 16.7 Å². The highest BCUT2D eigenvalue weighted by molar-refractivity contribution is 6.51. The molecule has 2 amide bonds. The molecule has 210 valence electrons. The number of carbonyl (C=O) groups excluding carboxylic acids is 2. The minimum Gasteiger partial charge on any atom is -0.354 e. The maximum absolute atomic E-state index is 14.8. The first-order valence-electron chi connectivity index (χ1n) is 14.7. The van der Waals surface area contributed by atoms with Crippen molar-refractivity contribution in [2.45, 2.75) is 6.54 Å². The van der Waals surface area contributed by atoms with Crippen molar-refractivity contribution in [2.75, 3.05) is 0 Å². The van der Waals surface area contributed by atoms with Crippen LogP contribution in [0.15, 0.2) is 140 Å². The fraction of sp³-hybridized carbons (Fsp3) is 0.0256. The molecule has 0 atom stereocenters. The Morgan fingerprint density at radius 3 is 1.30 bits per heavy atom. The van der Waals surface area contributed by atoms with Gasteiger partial charge in [-0.2, -0.15) is 0 Å².